The first-order valence-electron chi connectivity index (χ1n) is 4.13. The Morgan fingerprint density at radius 3 is 2.00 bits per heavy atom. The van der Waals surface area contributed by atoms with Crippen molar-refractivity contribution < 1.29 is 21.1 Å². The Bertz CT molecular complexity index is 321. The summed E-state index contributed by atoms with van der Waals surface area (Å²) in [5.41, 5.74) is 6.17. The minimum absolute atomic E-state index is 0. The van der Waals surface area contributed by atoms with Gasteiger partial charge in [0, 0.05) is 0 Å². The number of anilines is 1. The van der Waals surface area contributed by atoms with Gasteiger partial charge in [-0.05, 0) is 0 Å². The number of hydrogen-bond acceptors (Lipinski definition) is 1. The fraction of sp³-hybridized carbons (Fsp3) is 0. The Balaban J connectivity index is 0.000000253. The van der Waals surface area contributed by atoms with Crippen molar-refractivity contribution in [3.05, 3.63) is 65.1 Å². The zero-order valence-electron chi connectivity index (χ0n) is 7.98. The zero-order chi connectivity index (χ0) is 10.2. The molecule has 15 heavy (non-hydrogen) atoms. The van der Waals surface area contributed by atoms with Crippen LogP contribution in [0.15, 0.2) is 53.0 Å². The maximum absolute atomic E-state index is 5.41. The molecule has 0 aliphatic carbocycles. The van der Waals surface area contributed by atoms with Crippen LogP contribution in [0.1, 0.15) is 0 Å². The monoisotopic (exact) mass is 431 g/mol. The van der Waals surface area contributed by atoms with Gasteiger partial charge in [-0.3, -0.25) is 0 Å². The molecular weight excluding hydrogens is 422 g/mol. The van der Waals surface area contributed by atoms with Gasteiger partial charge >= 0.3 is 21.1 Å². The second-order valence-electron chi connectivity index (χ2n) is 2.55. The van der Waals surface area contributed by atoms with Gasteiger partial charge in [0.15, 0.2) is 0 Å². The molecular formula is C12H10BrNW. The third kappa shape index (κ3) is 7.35. The van der Waals surface area contributed by atoms with Crippen LogP contribution in [0.4, 0.5) is 5.69 Å². The fourth-order valence-electron chi connectivity index (χ4n) is 0.796. The smallest absolute Gasteiger partial charge is 0.419 e. The van der Waals surface area contributed by atoms with Gasteiger partial charge in [0.05, 0.1) is 0 Å². The van der Waals surface area contributed by atoms with E-state index >= 15 is 0 Å². The van der Waals surface area contributed by atoms with Gasteiger partial charge in [0.25, 0.3) is 0 Å². The number of benzene rings is 2. The minimum Gasteiger partial charge on any atom is -0.419 e. The minimum atomic E-state index is 0. The van der Waals surface area contributed by atoms with Crippen molar-refractivity contribution in [3.8, 4) is 0 Å². The van der Waals surface area contributed by atoms with Gasteiger partial charge in [0.1, 0.15) is 0 Å². The van der Waals surface area contributed by atoms with Crippen LogP contribution in [-0.2, 0) is 21.1 Å². The van der Waals surface area contributed by atoms with Crippen molar-refractivity contribution in [1.82, 2.24) is 0 Å². The largest absolute Gasteiger partial charge is 2.00 e. The normalized spacial score (nSPS) is 8.07. The Hall–Kier alpha value is -0.592. The molecule has 0 aliphatic rings. The molecule has 0 aromatic heterocycles. The molecule has 0 amide bonds. The van der Waals surface area contributed by atoms with Gasteiger partial charge in [-0.2, -0.15) is 48.5 Å². The molecule has 0 spiro atoms. The Morgan fingerprint density at radius 2 is 1.73 bits per heavy atom. The van der Waals surface area contributed by atoms with E-state index in [1.807, 2.05) is 30.3 Å². The third-order valence-electron chi connectivity index (χ3n) is 1.40. The van der Waals surface area contributed by atoms with Gasteiger partial charge in [-0.25, -0.2) is 0 Å². The summed E-state index contributed by atoms with van der Waals surface area (Å²) in [7, 11) is 0. The van der Waals surface area contributed by atoms with Crippen LogP contribution in [0, 0.1) is 12.1 Å². The predicted octanol–water partition coefficient (Wildman–Crippen LogP) is 3.32. The van der Waals surface area contributed by atoms with E-state index in [0.717, 1.165) is 10.2 Å². The molecule has 3 heteroatoms. The number of hydrogen-bond donors (Lipinski definition) is 1. The van der Waals surface area contributed by atoms with E-state index in [0.29, 0.717) is 0 Å². The summed E-state index contributed by atoms with van der Waals surface area (Å²) >= 11 is 3.23. The molecule has 0 fully saturated rings. The van der Waals surface area contributed by atoms with Gasteiger partial charge in [-0.1, -0.05) is 26.1 Å². The van der Waals surface area contributed by atoms with Crippen molar-refractivity contribution in [1.29, 1.82) is 0 Å². The van der Waals surface area contributed by atoms with Gasteiger partial charge < -0.3 is 5.73 Å². The van der Waals surface area contributed by atoms with E-state index in [4.69, 9.17) is 5.73 Å². The molecule has 0 radical (unpaired) electrons. The fourth-order valence-corrected chi connectivity index (χ4v) is 1.19. The maximum atomic E-state index is 5.41. The quantitative estimate of drug-likeness (QED) is 0.502. The molecule has 0 saturated carbocycles. The zero-order valence-corrected chi connectivity index (χ0v) is 12.5. The molecule has 0 aliphatic heterocycles. The van der Waals surface area contributed by atoms with Crippen LogP contribution in [0.2, 0.25) is 0 Å². The molecule has 0 unspecified atom stereocenters. The molecule has 2 aromatic rings. The van der Waals surface area contributed by atoms with Crippen LogP contribution in [0.5, 0.6) is 0 Å². The Morgan fingerprint density at radius 1 is 1.07 bits per heavy atom. The molecule has 1 nitrogen and oxygen atoms in total. The van der Waals surface area contributed by atoms with Gasteiger partial charge in [0.2, 0.25) is 0 Å². The number of nitrogen functional groups attached to an aromatic ring is 1. The van der Waals surface area contributed by atoms with Crippen molar-refractivity contribution in [2.24, 2.45) is 0 Å². The Labute approximate surface area is 113 Å². The predicted molar refractivity (Wildman–Crippen MR) is 62.7 cm³/mol. The van der Waals surface area contributed by atoms with Crippen LogP contribution >= 0.6 is 15.9 Å². The molecule has 0 heterocycles. The number of nitrogens with two attached hydrogens (primary N) is 1. The van der Waals surface area contributed by atoms with Crippen LogP contribution < -0.4 is 5.73 Å². The summed E-state index contributed by atoms with van der Waals surface area (Å²) in [6.45, 7) is 0. The first-order chi connectivity index (χ1) is 6.79. The summed E-state index contributed by atoms with van der Waals surface area (Å²) < 4.78 is 0.900. The standard InChI is InChI=1S/C6H5BrN.C6H5.W/c7-5-2-1-3-6(8)4-5;1-2-4-6-5-3-1;/h1,3-4H,8H2;1-5H;/q2*-1;+2. The van der Waals surface area contributed by atoms with E-state index in [1.54, 1.807) is 18.2 Å². The average molecular weight is 432 g/mol. The summed E-state index contributed by atoms with van der Waals surface area (Å²) in [5, 5.41) is 0. The summed E-state index contributed by atoms with van der Waals surface area (Å²) in [6.07, 6.45) is 0. The second-order valence-corrected chi connectivity index (χ2v) is 3.40. The molecule has 76 valence electrons. The van der Waals surface area contributed by atoms with Crippen LogP contribution in [-0.4, -0.2) is 0 Å². The number of rotatable bonds is 0. The van der Waals surface area contributed by atoms with E-state index < -0.39 is 0 Å². The number of halogens is 1. The summed E-state index contributed by atoms with van der Waals surface area (Å²) in [5.74, 6) is 0. The summed E-state index contributed by atoms with van der Waals surface area (Å²) in [4.78, 5) is 0. The van der Waals surface area contributed by atoms with Crippen LogP contribution in [0.3, 0.4) is 0 Å². The molecule has 0 bridgehead atoms. The van der Waals surface area contributed by atoms with Crippen molar-refractivity contribution >= 4 is 21.6 Å². The molecule has 0 saturated heterocycles. The molecule has 2 aromatic carbocycles. The van der Waals surface area contributed by atoms with E-state index in [-0.39, 0.29) is 21.1 Å². The summed E-state index contributed by atoms with van der Waals surface area (Å²) in [6, 6.07) is 20.8. The van der Waals surface area contributed by atoms with Crippen molar-refractivity contribution in [2.75, 3.05) is 5.73 Å². The van der Waals surface area contributed by atoms with Crippen LogP contribution in [0.25, 0.3) is 0 Å². The van der Waals surface area contributed by atoms with Crippen molar-refractivity contribution in [2.45, 2.75) is 0 Å². The molecule has 2 N–H and O–H groups in total. The van der Waals surface area contributed by atoms with E-state index in [9.17, 15) is 0 Å². The van der Waals surface area contributed by atoms with Crippen molar-refractivity contribution in [3.63, 3.8) is 0 Å². The van der Waals surface area contributed by atoms with E-state index in [2.05, 4.69) is 28.1 Å². The maximum Gasteiger partial charge on any atom is 2.00 e. The van der Waals surface area contributed by atoms with E-state index in [1.165, 1.54) is 0 Å². The average Bonchev–Trinajstić information content (AvgIpc) is 2.21. The molecule has 0 atom stereocenters. The first kappa shape index (κ1) is 14.4. The van der Waals surface area contributed by atoms with Gasteiger partial charge in [-0.15, -0.1) is 12.1 Å². The Kier molecular flexibility index (Phi) is 8.35. The first-order valence-corrected chi connectivity index (χ1v) is 4.92. The SMILES string of the molecule is Nc1cc[c-]c(Br)c1.[W+2].[c-]1ccccc1. The topological polar surface area (TPSA) is 26.0 Å². The third-order valence-corrected chi connectivity index (χ3v) is 1.86. The second kappa shape index (κ2) is 8.70. The molecule has 2 rings (SSSR count).